The summed E-state index contributed by atoms with van der Waals surface area (Å²) in [7, 11) is 0. The minimum absolute atomic E-state index is 0.533. The molecule has 0 N–H and O–H groups in total. The maximum absolute atomic E-state index is 14.1. The minimum Gasteiger partial charge on any atom is -0.391 e. The summed E-state index contributed by atoms with van der Waals surface area (Å²) in [4.78, 5) is 25.1. The fourth-order valence-corrected chi connectivity index (χ4v) is 4.67. The van der Waals surface area contributed by atoms with Crippen molar-refractivity contribution >= 4 is 11.9 Å². The highest BCUT2D eigenvalue weighted by Crippen LogP contribution is 2.60. The van der Waals surface area contributed by atoms with E-state index in [4.69, 9.17) is 0 Å². The van der Waals surface area contributed by atoms with Gasteiger partial charge in [0.2, 0.25) is 10.8 Å². The average Bonchev–Trinajstić information content (AvgIpc) is 2.55. The van der Waals surface area contributed by atoms with E-state index in [1.165, 1.54) is 6.92 Å². The van der Waals surface area contributed by atoms with E-state index in [2.05, 4.69) is 17.9 Å². The van der Waals surface area contributed by atoms with Crippen molar-refractivity contribution in [1.82, 2.24) is 0 Å². The van der Waals surface area contributed by atoms with Gasteiger partial charge in [0.1, 0.15) is 0 Å². The second-order valence-electron chi connectivity index (χ2n) is 7.81. The highest BCUT2D eigenvalue weighted by molar-refractivity contribution is 5.98. The van der Waals surface area contributed by atoms with Crippen LogP contribution in [0.2, 0.25) is 0 Å². The van der Waals surface area contributed by atoms with Gasteiger partial charge >= 0.3 is 24.3 Å². The molecule has 1 fully saturated rings. The quantitative estimate of drug-likeness (QED) is 0.242. The van der Waals surface area contributed by atoms with E-state index in [1.807, 2.05) is 0 Å². The van der Waals surface area contributed by atoms with E-state index in [-0.39, 0.29) is 0 Å². The van der Waals surface area contributed by atoms with Gasteiger partial charge in [-0.15, -0.1) is 0 Å². The van der Waals surface area contributed by atoms with Gasteiger partial charge in [-0.2, -0.15) is 26.3 Å². The molecule has 29 heavy (non-hydrogen) atoms. The first kappa shape index (κ1) is 21.4. The number of halogens is 6. The number of ether oxygens (including phenoxy) is 1. The van der Waals surface area contributed by atoms with Crippen LogP contribution in [0, 0.1) is 34.5 Å². The summed E-state index contributed by atoms with van der Waals surface area (Å²) < 4.78 is 88.4. The molecule has 2 aliphatic heterocycles. The smallest absolute Gasteiger partial charge is 0.391 e. The van der Waals surface area contributed by atoms with Gasteiger partial charge in [0.25, 0.3) is 0 Å². The third-order valence-electron chi connectivity index (χ3n) is 6.47. The number of carbonyl (C=O) groups is 2. The summed E-state index contributed by atoms with van der Waals surface area (Å²) in [5.74, 6) is -7.75. The van der Waals surface area contributed by atoms with Crippen molar-refractivity contribution in [1.29, 1.82) is 0 Å². The molecule has 3 nitrogen and oxygen atoms in total. The van der Waals surface area contributed by atoms with E-state index in [1.54, 1.807) is 6.92 Å². The normalized spacial score (nSPS) is 40.3. The van der Waals surface area contributed by atoms with Crippen molar-refractivity contribution in [2.24, 2.45) is 34.5 Å². The van der Waals surface area contributed by atoms with Crippen molar-refractivity contribution in [3.8, 4) is 0 Å². The number of hydrogen-bond acceptors (Lipinski definition) is 3. The zero-order chi connectivity index (χ0) is 22.2. The van der Waals surface area contributed by atoms with Crippen LogP contribution in [-0.2, 0) is 14.3 Å². The Labute approximate surface area is 162 Å². The van der Waals surface area contributed by atoms with Gasteiger partial charge < -0.3 is 4.74 Å². The van der Waals surface area contributed by atoms with Gasteiger partial charge in [-0.3, -0.25) is 0 Å². The molecule has 158 valence electrons. The number of rotatable bonds is 0. The molecule has 5 unspecified atom stereocenters. The first-order valence-electron chi connectivity index (χ1n) is 8.80. The monoisotopic (exact) mass is 420 g/mol. The topological polar surface area (TPSA) is 43.4 Å². The Bertz CT molecular complexity index is 864. The van der Waals surface area contributed by atoms with Gasteiger partial charge in [0.05, 0.1) is 0 Å². The summed E-state index contributed by atoms with van der Waals surface area (Å²) in [6.45, 7) is 9.89. The van der Waals surface area contributed by atoms with E-state index in [0.717, 1.165) is 12.2 Å². The molecule has 0 aromatic heterocycles. The van der Waals surface area contributed by atoms with Crippen LogP contribution in [-0.4, -0.2) is 24.3 Å². The fraction of sp³-hybridized carbons (Fsp3) is 0.500. The molecule has 6 atom stereocenters. The molecule has 0 radical (unpaired) electrons. The lowest BCUT2D eigenvalue weighted by Gasteiger charge is -2.49. The third-order valence-corrected chi connectivity index (χ3v) is 6.47. The molecule has 1 saturated heterocycles. The lowest BCUT2D eigenvalue weighted by atomic mass is 9.56. The lowest BCUT2D eigenvalue weighted by Crippen LogP contribution is -2.57. The zero-order valence-corrected chi connectivity index (χ0v) is 15.5. The number of allylic oxidation sites excluding steroid dienone is 2. The van der Waals surface area contributed by atoms with Gasteiger partial charge in [0, 0.05) is 0 Å². The molecule has 4 rings (SSSR count). The van der Waals surface area contributed by atoms with E-state index in [0.29, 0.717) is 12.2 Å². The molecule has 0 amide bonds. The Kier molecular flexibility index (Phi) is 4.49. The Hall–Kier alpha value is -2.32. The van der Waals surface area contributed by atoms with Crippen LogP contribution in [0.3, 0.4) is 0 Å². The molecule has 2 heterocycles. The number of carbonyl (C=O) groups excluding carboxylic acids is 2. The highest BCUT2D eigenvalue weighted by atomic mass is 19.4. The summed E-state index contributed by atoms with van der Waals surface area (Å²) in [6, 6.07) is 0. The molecule has 9 heteroatoms. The van der Waals surface area contributed by atoms with E-state index < -0.39 is 69.9 Å². The highest BCUT2D eigenvalue weighted by Gasteiger charge is 2.70. The number of hydrogen-bond donors (Lipinski definition) is 0. The predicted octanol–water partition coefficient (Wildman–Crippen LogP) is 4.92. The summed E-state index contributed by atoms with van der Waals surface area (Å²) >= 11 is 0. The van der Waals surface area contributed by atoms with Gasteiger partial charge in [-0.1, -0.05) is 51.3 Å². The number of esters is 2. The average molecular weight is 420 g/mol. The van der Waals surface area contributed by atoms with E-state index in [9.17, 15) is 35.9 Å². The Morgan fingerprint density at radius 1 is 0.862 bits per heavy atom. The van der Waals surface area contributed by atoms with Crippen LogP contribution in [0.15, 0.2) is 48.6 Å². The Morgan fingerprint density at radius 3 is 1.79 bits per heavy atom. The van der Waals surface area contributed by atoms with Gasteiger partial charge in [-0.05, 0) is 34.8 Å². The van der Waals surface area contributed by atoms with E-state index >= 15 is 0 Å². The summed E-state index contributed by atoms with van der Waals surface area (Å²) in [5.41, 5.74) is -7.94. The van der Waals surface area contributed by atoms with Crippen molar-refractivity contribution < 1.29 is 40.7 Å². The van der Waals surface area contributed by atoms with Crippen LogP contribution >= 0.6 is 0 Å². The largest absolute Gasteiger partial charge is 0.412 e. The second kappa shape index (κ2) is 6.09. The summed E-state index contributed by atoms with van der Waals surface area (Å²) in [6.07, 6.45) is -7.19. The van der Waals surface area contributed by atoms with Crippen molar-refractivity contribution in [3.63, 3.8) is 0 Å². The molecule has 0 saturated carbocycles. The maximum Gasteiger partial charge on any atom is 0.412 e. The first-order chi connectivity index (χ1) is 13.1. The standard InChI is InChI=1S/C20H18F6O3/c1-9-5-7-18(20(24,25)26)12(4)14(9)13-6-8-17(19(21,22)23,11(3)10(13)2)15(27)29-16(18)28/h5-10,13-14H,3-4H2,1-2H3/t9?,10?,13?,14-,17?,18?/m1/s1. The lowest BCUT2D eigenvalue weighted by molar-refractivity contribution is -0.228. The minimum atomic E-state index is -5.26. The van der Waals surface area contributed by atoms with Gasteiger partial charge in [0.15, 0.2) is 0 Å². The van der Waals surface area contributed by atoms with Crippen molar-refractivity contribution in [3.05, 3.63) is 48.6 Å². The molecular weight excluding hydrogens is 402 g/mol. The van der Waals surface area contributed by atoms with Gasteiger partial charge in [-0.25, -0.2) is 9.59 Å². The molecule has 0 aromatic rings. The van der Waals surface area contributed by atoms with Crippen LogP contribution in [0.25, 0.3) is 0 Å². The number of alkyl halides is 6. The second-order valence-corrected chi connectivity index (χ2v) is 7.81. The van der Waals surface area contributed by atoms with Crippen LogP contribution < -0.4 is 0 Å². The maximum atomic E-state index is 14.1. The number of fused-ring (bicyclic) bond motifs is 3. The fourth-order valence-electron chi connectivity index (χ4n) is 4.67. The molecular formula is C20H18F6O3. The van der Waals surface area contributed by atoms with Crippen molar-refractivity contribution in [2.45, 2.75) is 26.2 Å². The van der Waals surface area contributed by atoms with Crippen LogP contribution in [0.5, 0.6) is 0 Å². The van der Waals surface area contributed by atoms with Crippen LogP contribution in [0.4, 0.5) is 26.3 Å². The SMILES string of the molecule is C=C1C(C)C2C=CC1(C(F)(F)F)C(=O)OC(=O)C1(C(F)(F)F)C=CC(C)[C@@H]2C1=C. The molecule has 4 aliphatic rings. The Morgan fingerprint density at radius 2 is 1.31 bits per heavy atom. The molecule has 0 aromatic carbocycles. The zero-order valence-electron chi connectivity index (χ0n) is 15.5. The first-order valence-corrected chi connectivity index (χ1v) is 8.80. The molecule has 2 aliphatic carbocycles. The molecule has 4 bridgehead atoms. The molecule has 0 spiro atoms. The van der Waals surface area contributed by atoms with Crippen LogP contribution in [0.1, 0.15) is 13.8 Å². The third kappa shape index (κ3) is 2.51. The van der Waals surface area contributed by atoms with Crippen molar-refractivity contribution in [2.75, 3.05) is 0 Å². The Balaban J connectivity index is 2.36. The predicted molar refractivity (Wildman–Crippen MR) is 89.9 cm³/mol. The summed E-state index contributed by atoms with van der Waals surface area (Å²) in [5, 5.41) is 0.